The van der Waals surface area contributed by atoms with E-state index in [4.69, 9.17) is 16.3 Å². The van der Waals surface area contributed by atoms with E-state index in [0.29, 0.717) is 35.1 Å². The van der Waals surface area contributed by atoms with E-state index in [0.717, 1.165) is 12.0 Å². The van der Waals surface area contributed by atoms with Crippen molar-refractivity contribution in [1.29, 1.82) is 0 Å². The Morgan fingerprint density at radius 3 is 2.42 bits per heavy atom. The fourth-order valence-electron chi connectivity index (χ4n) is 4.15. The number of phenolic OH excluding ortho intramolecular Hbond substituents is 1. The molecular formula is C29H28ClNO5. The normalized spacial score (nSPS) is 17.1. The molecule has 1 amide bonds. The van der Waals surface area contributed by atoms with Crippen LogP contribution in [-0.2, 0) is 16.0 Å². The first-order valence-electron chi connectivity index (χ1n) is 11.8. The molecule has 3 aromatic carbocycles. The summed E-state index contributed by atoms with van der Waals surface area (Å²) in [5.41, 5.74) is 2.35. The number of ether oxygens (including phenoxy) is 1. The topological polar surface area (TPSA) is 87.1 Å². The molecule has 7 heteroatoms. The zero-order valence-corrected chi connectivity index (χ0v) is 21.1. The van der Waals surface area contributed by atoms with Gasteiger partial charge in [0.2, 0.25) is 0 Å². The molecule has 0 aromatic heterocycles. The second-order valence-corrected chi connectivity index (χ2v) is 9.54. The summed E-state index contributed by atoms with van der Waals surface area (Å²) in [5, 5.41) is 21.4. The van der Waals surface area contributed by atoms with Gasteiger partial charge >= 0.3 is 0 Å². The smallest absolute Gasteiger partial charge is 0.300 e. The molecule has 0 radical (unpaired) electrons. The third-order valence-electron chi connectivity index (χ3n) is 6.05. The molecule has 1 aliphatic rings. The number of rotatable bonds is 7. The second kappa shape index (κ2) is 10.5. The van der Waals surface area contributed by atoms with E-state index in [2.05, 4.69) is 0 Å². The van der Waals surface area contributed by atoms with Crippen LogP contribution in [0.25, 0.3) is 5.76 Å². The van der Waals surface area contributed by atoms with E-state index in [-0.39, 0.29) is 22.1 Å². The van der Waals surface area contributed by atoms with Gasteiger partial charge in [-0.1, -0.05) is 62.7 Å². The molecule has 0 bridgehead atoms. The van der Waals surface area contributed by atoms with E-state index >= 15 is 0 Å². The Labute approximate surface area is 215 Å². The molecule has 4 rings (SSSR count). The second-order valence-electron chi connectivity index (χ2n) is 9.13. The number of aromatic hydroxyl groups is 1. The summed E-state index contributed by atoms with van der Waals surface area (Å²) in [6.07, 6.45) is 0.825. The van der Waals surface area contributed by atoms with Gasteiger partial charge in [-0.3, -0.25) is 14.5 Å². The number of Topliss-reactive ketones (excluding diaryl/α,β-unsaturated/α-hetero) is 1. The Morgan fingerprint density at radius 2 is 1.78 bits per heavy atom. The Kier molecular flexibility index (Phi) is 7.36. The molecular weight excluding hydrogens is 478 g/mol. The van der Waals surface area contributed by atoms with Crippen LogP contribution in [0, 0.1) is 5.92 Å². The fourth-order valence-corrected chi connectivity index (χ4v) is 4.34. The maximum absolute atomic E-state index is 13.3. The number of hydrogen-bond donors (Lipinski definition) is 2. The molecule has 0 saturated carbocycles. The number of hydrogen-bond acceptors (Lipinski definition) is 5. The number of halogens is 1. The molecule has 3 aromatic rings. The monoisotopic (exact) mass is 505 g/mol. The lowest BCUT2D eigenvalue weighted by Crippen LogP contribution is -2.29. The minimum Gasteiger partial charge on any atom is -0.507 e. The van der Waals surface area contributed by atoms with E-state index in [9.17, 15) is 19.8 Å². The minimum atomic E-state index is -0.948. The first kappa shape index (κ1) is 25.3. The van der Waals surface area contributed by atoms with Crippen LogP contribution >= 0.6 is 11.6 Å². The summed E-state index contributed by atoms with van der Waals surface area (Å²) in [6, 6.07) is 17.7. The Balaban J connectivity index is 1.87. The van der Waals surface area contributed by atoms with Gasteiger partial charge in [0.1, 0.15) is 17.3 Å². The van der Waals surface area contributed by atoms with Gasteiger partial charge in [0.25, 0.3) is 11.7 Å². The number of carbonyl (C=O) groups is 2. The van der Waals surface area contributed by atoms with Crippen molar-refractivity contribution >= 4 is 34.7 Å². The lowest BCUT2D eigenvalue weighted by atomic mass is 9.95. The van der Waals surface area contributed by atoms with Crippen LogP contribution in [0.15, 0.2) is 72.3 Å². The van der Waals surface area contributed by atoms with Crippen molar-refractivity contribution in [3.63, 3.8) is 0 Å². The molecule has 2 N–H and O–H groups in total. The summed E-state index contributed by atoms with van der Waals surface area (Å²) >= 11 is 6.19. The maximum atomic E-state index is 13.3. The van der Waals surface area contributed by atoms with Crippen molar-refractivity contribution in [3.8, 4) is 11.5 Å². The molecule has 1 fully saturated rings. The number of ketones is 1. The Morgan fingerprint density at radius 1 is 1.06 bits per heavy atom. The van der Waals surface area contributed by atoms with Crippen molar-refractivity contribution in [2.45, 2.75) is 33.2 Å². The molecule has 186 valence electrons. The lowest BCUT2D eigenvalue weighted by molar-refractivity contribution is -0.132. The van der Waals surface area contributed by atoms with Gasteiger partial charge in [0, 0.05) is 11.3 Å². The predicted octanol–water partition coefficient (Wildman–Crippen LogP) is 6.27. The average molecular weight is 506 g/mol. The lowest BCUT2D eigenvalue weighted by Gasteiger charge is -2.26. The van der Waals surface area contributed by atoms with Crippen LogP contribution in [0.4, 0.5) is 5.69 Å². The van der Waals surface area contributed by atoms with Gasteiger partial charge in [0.05, 0.1) is 23.2 Å². The van der Waals surface area contributed by atoms with Gasteiger partial charge in [0.15, 0.2) is 0 Å². The van der Waals surface area contributed by atoms with Crippen LogP contribution < -0.4 is 9.64 Å². The van der Waals surface area contributed by atoms with Gasteiger partial charge < -0.3 is 14.9 Å². The Bertz CT molecular complexity index is 1330. The maximum Gasteiger partial charge on any atom is 0.300 e. The molecule has 1 atom stereocenters. The van der Waals surface area contributed by atoms with Crippen LogP contribution in [0.1, 0.15) is 43.5 Å². The largest absolute Gasteiger partial charge is 0.507 e. The van der Waals surface area contributed by atoms with Gasteiger partial charge in [-0.05, 0) is 59.9 Å². The molecule has 1 unspecified atom stereocenters. The number of nitrogens with zero attached hydrogens (tertiary/aromatic N) is 1. The number of phenols is 1. The molecule has 1 saturated heterocycles. The molecule has 6 nitrogen and oxygen atoms in total. The molecule has 36 heavy (non-hydrogen) atoms. The van der Waals surface area contributed by atoms with Crippen LogP contribution in [-0.4, -0.2) is 28.5 Å². The summed E-state index contributed by atoms with van der Waals surface area (Å²) in [6.45, 7) is 6.58. The molecule has 0 spiro atoms. The van der Waals surface area contributed by atoms with Crippen molar-refractivity contribution in [1.82, 2.24) is 0 Å². The SMILES string of the molecule is CCc1ccc(N2C(=O)C(=O)/C(=C(\O)c3cccc(OCC(C)C)c3)C2c2ccc(O)c(Cl)c2)cc1. The first-order chi connectivity index (χ1) is 17.2. The zero-order chi connectivity index (χ0) is 26.0. The summed E-state index contributed by atoms with van der Waals surface area (Å²) in [7, 11) is 0. The standard InChI is InChI=1S/C29H28ClNO5/c1-4-18-8-11-21(12-9-18)31-26(19-10-13-24(32)23(30)15-19)25(28(34)29(31)35)27(33)20-6-5-7-22(14-20)36-16-17(2)3/h5-15,17,26,32-33H,4,16H2,1-3H3/b27-25-. The third-order valence-corrected chi connectivity index (χ3v) is 6.35. The zero-order valence-electron chi connectivity index (χ0n) is 20.4. The highest BCUT2D eigenvalue weighted by atomic mass is 35.5. The fraction of sp³-hybridized carbons (Fsp3) is 0.241. The molecule has 1 aliphatic heterocycles. The van der Waals surface area contributed by atoms with Gasteiger partial charge in [-0.2, -0.15) is 0 Å². The van der Waals surface area contributed by atoms with E-state index in [1.165, 1.54) is 17.0 Å². The quantitative estimate of drug-likeness (QED) is 0.224. The highest BCUT2D eigenvalue weighted by molar-refractivity contribution is 6.51. The summed E-state index contributed by atoms with van der Waals surface area (Å²) in [5.74, 6) is -1.16. The number of aryl methyl sites for hydroxylation is 1. The van der Waals surface area contributed by atoms with Crippen LogP contribution in [0.2, 0.25) is 5.02 Å². The van der Waals surface area contributed by atoms with Gasteiger partial charge in [-0.15, -0.1) is 0 Å². The number of carbonyl (C=O) groups excluding carboxylic acids is 2. The number of aliphatic hydroxyl groups excluding tert-OH is 1. The predicted molar refractivity (Wildman–Crippen MR) is 140 cm³/mol. The highest BCUT2D eigenvalue weighted by Gasteiger charge is 2.47. The Hall–Kier alpha value is -3.77. The summed E-state index contributed by atoms with van der Waals surface area (Å²) in [4.78, 5) is 28.0. The van der Waals surface area contributed by atoms with Crippen molar-refractivity contribution < 1.29 is 24.5 Å². The summed E-state index contributed by atoms with van der Waals surface area (Å²) < 4.78 is 5.78. The number of anilines is 1. The molecule has 1 heterocycles. The molecule has 0 aliphatic carbocycles. The van der Waals surface area contributed by atoms with E-state index in [1.807, 2.05) is 32.9 Å². The van der Waals surface area contributed by atoms with Crippen LogP contribution in [0.3, 0.4) is 0 Å². The number of amides is 1. The highest BCUT2D eigenvalue weighted by Crippen LogP contribution is 2.43. The van der Waals surface area contributed by atoms with E-state index < -0.39 is 17.7 Å². The number of aliphatic hydroxyl groups is 1. The van der Waals surface area contributed by atoms with E-state index in [1.54, 1.807) is 42.5 Å². The average Bonchev–Trinajstić information content (AvgIpc) is 3.14. The third kappa shape index (κ3) is 4.95. The van der Waals surface area contributed by atoms with Gasteiger partial charge in [-0.25, -0.2) is 0 Å². The number of benzene rings is 3. The van der Waals surface area contributed by atoms with Crippen LogP contribution in [0.5, 0.6) is 11.5 Å². The van der Waals surface area contributed by atoms with Crippen molar-refractivity contribution in [2.24, 2.45) is 5.92 Å². The first-order valence-corrected chi connectivity index (χ1v) is 12.2. The minimum absolute atomic E-state index is 0.0673. The van der Waals surface area contributed by atoms with Crippen molar-refractivity contribution in [2.75, 3.05) is 11.5 Å². The van der Waals surface area contributed by atoms with Crippen molar-refractivity contribution in [3.05, 3.63) is 94.0 Å².